The standard InChI is InChI=1S/C21H28N4/c1-17-14-23(2)19-7-3-4-8-20(19)25(15-17)16-18-9-10-21(22-13-18)24-11-5-6-12-24/h3-4,7-10,13,17H,5-6,11-12,14-16H2,1-2H3. The maximum Gasteiger partial charge on any atom is 0.128 e. The Labute approximate surface area is 151 Å². The average Bonchev–Trinajstić information content (AvgIpc) is 3.12. The molecule has 0 radical (unpaired) electrons. The summed E-state index contributed by atoms with van der Waals surface area (Å²) < 4.78 is 0. The third kappa shape index (κ3) is 3.44. The van der Waals surface area contributed by atoms with E-state index in [1.165, 1.54) is 29.8 Å². The predicted octanol–water partition coefficient (Wildman–Crippen LogP) is 3.77. The Morgan fingerprint density at radius 1 is 1.00 bits per heavy atom. The van der Waals surface area contributed by atoms with Crippen molar-refractivity contribution in [1.82, 2.24) is 4.98 Å². The van der Waals surface area contributed by atoms with Gasteiger partial charge in [0.1, 0.15) is 5.82 Å². The molecule has 0 saturated carbocycles. The van der Waals surface area contributed by atoms with Crippen LogP contribution in [0.15, 0.2) is 42.6 Å². The molecule has 4 heteroatoms. The predicted molar refractivity (Wildman–Crippen MR) is 106 cm³/mol. The van der Waals surface area contributed by atoms with Crippen LogP contribution in [0.25, 0.3) is 0 Å². The van der Waals surface area contributed by atoms with E-state index in [0.29, 0.717) is 5.92 Å². The summed E-state index contributed by atoms with van der Waals surface area (Å²) in [5.74, 6) is 1.76. The van der Waals surface area contributed by atoms with Crippen molar-refractivity contribution in [3.05, 3.63) is 48.2 Å². The highest BCUT2D eigenvalue weighted by Gasteiger charge is 2.22. The van der Waals surface area contributed by atoms with Crippen LogP contribution < -0.4 is 14.7 Å². The van der Waals surface area contributed by atoms with E-state index in [2.05, 4.69) is 71.3 Å². The van der Waals surface area contributed by atoms with Crippen LogP contribution in [0.5, 0.6) is 0 Å². The normalized spacial score (nSPS) is 20.6. The molecule has 1 saturated heterocycles. The molecule has 0 amide bonds. The lowest BCUT2D eigenvalue weighted by atomic mass is 10.1. The van der Waals surface area contributed by atoms with Crippen LogP contribution in [0.2, 0.25) is 0 Å². The van der Waals surface area contributed by atoms with E-state index in [0.717, 1.165) is 38.5 Å². The fraction of sp³-hybridized carbons (Fsp3) is 0.476. The Balaban J connectivity index is 1.55. The molecular weight excluding hydrogens is 308 g/mol. The number of rotatable bonds is 3. The lowest BCUT2D eigenvalue weighted by Crippen LogP contribution is -2.29. The number of fused-ring (bicyclic) bond motifs is 1. The van der Waals surface area contributed by atoms with Gasteiger partial charge in [-0.2, -0.15) is 0 Å². The minimum Gasteiger partial charge on any atom is -0.373 e. The molecule has 2 aliphatic heterocycles. The van der Waals surface area contributed by atoms with Crippen LogP contribution in [0.4, 0.5) is 17.2 Å². The largest absolute Gasteiger partial charge is 0.373 e. The van der Waals surface area contributed by atoms with Crippen LogP contribution in [0.1, 0.15) is 25.3 Å². The van der Waals surface area contributed by atoms with E-state index in [9.17, 15) is 0 Å². The van der Waals surface area contributed by atoms with Gasteiger partial charge >= 0.3 is 0 Å². The molecule has 4 rings (SSSR count). The van der Waals surface area contributed by atoms with Gasteiger partial charge < -0.3 is 14.7 Å². The van der Waals surface area contributed by atoms with Gasteiger partial charge in [0.15, 0.2) is 0 Å². The first-order chi connectivity index (χ1) is 12.2. The van der Waals surface area contributed by atoms with E-state index in [4.69, 9.17) is 4.98 Å². The molecular formula is C21H28N4. The van der Waals surface area contributed by atoms with Crippen molar-refractivity contribution in [3.8, 4) is 0 Å². The highest BCUT2D eigenvalue weighted by atomic mass is 15.2. The second-order valence-electron chi connectivity index (χ2n) is 7.57. The van der Waals surface area contributed by atoms with Gasteiger partial charge in [0.2, 0.25) is 0 Å². The quantitative estimate of drug-likeness (QED) is 0.851. The molecule has 0 aliphatic carbocycles. The Morgan fingerprint density at radius 3 is 2.48 bits per heavy atom. The van der Waals surface area contributed by atoms with E-state index in [1.54, 1.807) is 0 Å². The summed E-state index contributed by atoms with van der Waals surface area (Å²) in [6.07, 6.45) is 4.65. The fourth-order valence-corrected chi connectivity index (χ4v) is 4.17. The molecule has 2 aromatic rings. The number of para-hydroxylation sites is 2. The summed E-state index contributed by atoms with van der Waals surface area (Å²) in [4.78, 5) is 12.0. The van der Waals surface area contributed by atoms with Crippen LogP contribution in [-0.2, 0) is 6.54 Å². The lowest BCUT2D eigenvalue weighted by Gasteiger charge is -2.26. The van der Waals surface area contributed by atoms with Crippen molar-refractivity contribution in [2.45, 2.75) is 26.3 Å². The zero-order valence-corrected chi connectivity index (χ0v) is 15.4. The molecule has 0 bridgehead atoms. The van der Waals surface area contributed by atoms with Gasteiger partial charge in [0, 0.05) is 46.0 Å². The second kappa shape index (κ2) is 6.95. The zero-order chi connectivity index (χ0) is 17.2. The minimum absolute atomic E-state index is 0.634. The number of anilines is 3. The molecule has 1 aromatic heterocycles. The molecule has 1 atom stereocenters. The van der Waals surface area contributed by atoms with Crippen molar-refractivity contribution in [3.63, 3.8) is 0 Å². The molecule has 4 nitrogen and oxygen atoms in total. The second-order valence-corrected chi connectivity index (χ2v) is 7.57. The van der Waals surface area contributed by atoms with E-state index in [1.807, 2.05) is 0 Å². The number of nitrogens with zero attached hydrogens (tertiary/aromatic N) is 4. The topological polar surface area (TPSA) is 22.6 Å². The van der Waals surface area contributed by atoms with Gasteiger partial charge in [-0.3, -0.25) is 0 Å². The molecule has 1 fully saturated rings. The van der Waals surface area contributed by atoms with Crippen molar-refractivity contribution in [1.29, 1.82) is 0 Å². The van der Waals surface area contributed by atoms with Crippen molar-refractivity contribution in [2.75, 3.05) is 47.9 Å². The smallest absolute Gasteiger partial charge is 0.128 e. The highest BCUT2D eigenvalue weighted by molar-refractivity contribution is 5.72. The van der Waals surface area contributed by atoms with E-state index >= 15 is 0 Å². The van der Waals surface area contributed by atoms with Gasteiger partial charge in [-0.1, -0.05) is 25.1 Å². The number of aromatic nitrogens is 1. The summed E-state index contributed by atoms with van der Waals surface area (Å²) in [7, 11) is 2.20. The lowest BCUT2D eigenvalue weighted by molar-refractivity contribution is 0.570. The van der Waals surface area contributed by atoms with Crippen LogP contribution in [0.3, 0.4) is 0 Å². The van der Waals surface area contributed by atoms with Gasteiger partial charge in [0.25, 0.3) is 0 Å². The number of pyridine rings is 1. The first kappa shape index (κ1) is 16.2. The van der Waals surface area contributed by atoms with Crippen molar-refractivity contribution >= 4 is 17.2 Å². The molecule has 0 N–H and O–H groups in total. The molecule has 132 valence electrons. The van der Waals surface area contributed by atoms with Crippen LogP contribution >= 0.6 is 0 Å². The maximum atomic E-state index is 4.73. The first-order valence-electron chi connectivity index (χ1n) is 9.46. The summed E-state index contributed by atoms with van der Waals surface area (Å²) in [5, 5.41) is 0. The zero-order valence-electron chi connectivity index (χ0n) is 15.4. The molecule has 0 spiro atoms. The Bertz CT molecular complexity index is 706. The van der Waals surface area contributed by atoms with Gasteiger partial charge in [-0.05, 0) is 42.5 Å². The van der Waals surface area contributed by atoms with Gasteiger partial charge in [-0.25, -0.2) is 4.98 Å². The Hall–Kier alpha value is -2.23. The third-order valence-corrected chi connectivity index (χ3v) is 5.36. The Kier molecular flexibility index (Phi) is 4.51. The minimum atomic E-state index is 0.634. The van der Waals surface area contributed by atoms with E-state index in [-0.39, 0.29) is 0 Å². The summed E-state index contributed by atoms with van der Waals surface area (Å²) in [5.41, 5.74) is 3.95. The molecule has 25 heavy (non-hydrogen) atoms. The number of hydrogen-bond acceptors (Lipinski definition) is 4. The van der Waals surface area contributed by atoms with E-state index < -0.39 is 0 Å². The summed E-state index contributed by atoms with van der Waals surface area (Å²) in [6, 6.07) is 13.2. The SMILES string of the molecule is CC1CN(C)c2ccccc2N(Cc2ccc(N3CCCC3)nc2)C1. The van der Waals surface area contributed by atoms with Crippen molar-refractivity contribution in [2.24, 2.45) is 5.92 Å². The molecule has 3 heterocycles. The van der Waals surface area contributed by atoms with Crippen molar-refractivity contribution < 1.29 is 0 Å². The molecule has 1 aromatic carbocycles. The van der Waals surface area contributed by atoms with Gasteiger partial charge in [0.05, 0.1) is 11.4 Å². The van der Waals surface area contributed by atoms with Crippen LogP contribution in [0, 0.1) is 5.92 Å². The first-order valence-corrected chi connectivity index (χ1v) is 9.46. The maximum absolute atomic E-state index is 4.73. The number of hydrogen-bond donors (Lipinski definition) is 0. The number of benzene rings is 1. The fourth-order valence-electron chi connectivity index (χ4n) is 4.17. The molecule has 2 aliphatic rings. The Morgan fingerprint density at radius 2 is 1.76 bits per heavy atom. The highest BCUT2D eigenvalue weighted by Crippen LogP contribution is 2.33. The third-order valence-electron chi connectivity index (χ3n) is 5.36. The van der Waals surface area contributed by atoms with Crippen LogP contribution in [-0.4, -0.2) is 38.2 Å². The van der Waals surface area contributed by atoms with Gasteiger partial charge in [-0.15, -0.1) is 0 Å². The average molecular weight is 336 g/mol. The monoisotopic (exact) mass is 336 g/mol. The summed E-state index contributed by atoms with van der Waals surface area (Å²) in [6.45, 7) is 7.73. The molecule has 1 unspecified atom stereocenters. The summed E-state index contributed by atoms with van der Waals surface area (Å²) >= 11 is 0.